The fourth-order valence-corrected chi connectivity index (χ4v) is 5.47. The lowest BCUT2D eigenvalue weighted by Crippen LogP contribution is -2.54. The number of anilines is 1. The van der Waals surface area contributed by atoms with Gasteiger partial charge in [0.2, 0.25) is 5.91 Å². The summed E-state index contributed by atoms with van der Waals surface area (Å²) in [6.07, 6.45) is 0.222. The number of nitrogens with one attached hydrogen (secondary N) is 2. The smallest absolute Gasteiger partial charge is 0.323 e. The molecule has 0 saturated carbocycles. The summed E-state index contributed by atoms with van der Waals surface area (Å²) in [5.41, 5.74) is 0.573. The molecule has 2 aromatic rings. The van der Waals surface area contributed by atoms with Crippen LogP contribution in [-0.2, 0) is 14.3 Å². The molecule has 9 nitrogen and oxygen atoms in total. The maximum Gasteiger partial charge on any atom is 0.323 e. The minimum atomic E-state index is -0.766. The topological polar surface area (TPSA) is 100 Å². The zero-order chi connectivity index (χ0) is 24.1. The minimum absolute atomic E-state index is 0.139. The van der Waals surface area contributed by atoms with E-state index in [4.69, 9.17) is 9.47 Å². The summed E-state index contributed by atoms with van der Waals surface area (Å²) in [6, 6.07) is 8.98. The van der Waals surface area contributed by atoms with Gasteiger partial charge in [-0.1, -0.05) is 6.07 Å². The highest BCUT2D eigenvalue weighted by Crippen LogP contribution is 2.44. The molecule has 0 radical (unpaired) electrons. The number of rotatable bonds is 6. The van der Waals surface area contributed by atoms with E-state index in [0.717, 1.165) is 4.88 Å². The Morgan fingerprint density at radius 3 is 2.50 bits per heavy atom. The van der Waals surface area contributed by atoms with Crippen molar-refractivity contribution in [3.8, 4) is 5.75 Å². The minimum Gasteiger partial charge on any atom is -0.497 e. The second kappa shape index (κ2) is 10.9. The fourth-order valence-electron chi connectivity index (χ4n) is 4.59. The Balaban J connectivity index is 1.67. The number of hydrogen-bond donors (Lipinski definition) is 2. The number of benzene rings is 1. The Kier molecular flexibility index (Phi) is 7.69. The number of amides is 3. The molecule has 2 N–H and O–H groups in total. The quantitative estimate of drug-likeness (QED) is 0.609. The van der Waals surface area contributed by atoms with Gasteiger partial charge in [-0.15, -0.1) is 11.3 Å². The molecule has 3 heterocycles. The summed E-state index contributed by atoms with van der Waals surface area (Å²) in [5, 5.41) is 8.05. The lowest BCUT2D eigenvalue weighted by molar-refractivity contribution is -0.148. The van der Waals surface area contributed by atoms with Gasteiger partial charge in [-0.2, -0.15) is 0 Å². The van der Waals surface area contributed by atoms with Gasteiger partial charge in [-0.3, -0.25) is 9.59 Å². The first-order valence-electron chi connectivity index (χ1n) is 11.5. The van der Waals surface area contributed by atoms with Gasteiger partial charge < -0.3 is 29.9 Å². The predicted octanol–water partition coefficient (Wildman–Crippen LogP) is 2.72. The van der Waals surface area contributed by atoms with Crippen molar-refractivity contribution < 1.29 is 23.9 Å². The highest BCUT2D eigenvalue weighted by molar-refractivity contribution is 7.10. The molecule has 1 aromatic heterocycles. The van der Waals surface area contributed by atoms with Crippen LogP contribution in [0.2, 0.25) is 0 Å². The van der Waals surface area contributed by atoms with Crippen molar-refractivity contribution in [2.75, 3.05) is 45.2 Å². The van der Waals surface area contributed by atoms with E-state index in [1.807, 2.05) is 17.5 Å². The van der Waals surface area contributed by atoms with E-state index in [1.165, 1.54) is 11.3 Å². The van der Waals surface area contributed by atoms with Crippen LogP contribution in [0.1, 0.15) is 24.3 Å². The van der Waals surface area contributed by atoms with Gasteiger partial charge in [0.25, 0.3) is 0 Å². The van der Waals surface area contributed by atoms with E-state index in [0.29, 0.717) is 37.6 Å². The van der Waals surface area contributed by atoms with Crippen LogP contribution < -0.4 is 15.4 Å². The molecule has 2 fully saturated rings. The van der Waals surface area contributed by atoms with Crippen molar-refractivity contribution in [3.05, 3.63) is 46.7 Å². The first kappa shape index (κ1) is 24.0. The van der Waals surface area contributed by atoms with Crippen molar-refractivity contribution in [2.45, 2.75) is 25.4 Å². The van der Waals surface area contributed by atoms with Crippen LogP contribution in [-0.4, -0.2) is 73.6 Å². The SMILES string of the molecule is CCOC(=O)C1CC(C(=O)N2CCNCC2)N(C(=O)Nc2ccc(OC)cc2)C1c1cccs1. The molecule has 2 saturated heterocycles. The molecular weight excluding hydrogens is 456 g/mol. The Labute approximate surface area is 203 Å². The zero-order valence-corrected chi connectivity index (χ0v) is 20.2. The Hall–Kier alpha value is -3.11. The van der Waals surface area contributed by atoms with Crippen molar-refractivity contribution in [1.82, 2.24) is 15.1 Å². The molecule has 0 aliphatic carbocycles. The number of esters is 1. The molecule has 2 aliphatic rings. The highest BCUT2D eigenvalue weighted by atomic mass is 32.1. The van der Waals surface area contributed by atoms with Gasteiger partial charge in [-0.25, -0.2) is 4.79 Å². The second-order valence-corrected chi connectivity index (χ2v) is 9.19. The molecule has 1 aromatic carbocycles. The second-order valence-electron chi connectivity index (χ2n) is 8.21. The van der Waals surface area contributed by atoms with Crippen LogP contribution in [0.15, 0.2) is 41.8 Å². The monoisotopic (exact) mass is 486 g/mol. The lowest BCUT2D eigenvalue weighted by Gasteiger charge is -2.35. The number of piperazine rings is 1. The van der Waals surface area contributed by atoms with Crippen molar-refractivity contribution in [2.24, 2.45) is 5.92 Å². The van der Waals surface area contributed by atoms with Gasteiger partial charge in [0.15, 0.2) is 0 Å². The van der Waals surface area contributed by atoms with Crippen LogP contribution in [0.4, 0.5) is 10.5 Å². The summed E-state index contributed by atoms with van der Waals surface area (Å²) in [5.74, 6) is -0.486. The maximum absolute atomic E-state index is 13.7. The molecule has 2 aliphatic heterocycles. The number of thiophene rings is 1. The standard InChI is InChI=1S/C24H30N4O5S/c1-3-33-23(30)18-15-19(22(29)27-12-10-25-11-13-27)28(21(18)20-5-4-14-34-20)24(31)26-16-6-8-17(32-2)9-7-16/h4-9,14,18-19,21,25H,3,10-13,15H2,1-2H3,(H,26,31). The number of urea groups is 1. The Morgan fingerprint density at radius 2 is 1.88 bits per heavy atom. The zero-order valence-electron chi connectivity index (χ0n) is 19.4. The summed E-state index contributed by atoms with van der Waals surface area (Å²) >= 11 is 1.46. The first-order valence-corrected chi connectivity index (χ1v) is 12.3. The number of carbonyl (C=O) groups is 3. The maximum atomic E-state index is 13.7. The molecule has 0 bridgehead atoms. The molecule has 3 atom stereocenters. The molecule has 4 rings (SSSR count). The van der Waals surface area contributed by atoms with E-state index in [1.54, 1.807) is 48.1 Å². The average Bonchev–Trinajstić information content (AvgIpc) is 3.53. The average molecular weight is 487 g/mol. The van der Waals surface area contributed by atoms with Crippen molar-refractivity contribution in [1.29, 1.82) is 0 Å². The van der Waals surface area contributed by atoms with Crippen LogP contribution >= 0.6 is 11.3 Å². The third-order valence-corrected chi connectivity index (χ3v) is 7.15. The van der Waals surface area contributed by atoms with Crippen LogP contribution in [0, 0.1) is 5.92 Å². The van der Waals surface area contributed by atoms with Gasteiger partial charge in [0.05, 0.1) is 25.7 Å². The van der Waals surface area contributed by atoms with E-state index in [9.17, 15) is 14.4 Å². The molecule has 0 spiro atoms. The number of carbonyl (C=O) groups excluding carboxylic acids is 3. The third-order valence-electron chi connectivity index (χ3n) is 6.21. The normalized spacial score (nSPS) is 22.4. The summed E-state index contributed by atoms with van der Waals surface area (Å²) in [6.45, 7) is 4.53. The molecule has 3 unspecified atom stereocenters. The number of methoxy groups -OCH3 is 1. The number of hydrogen-bond acceptors (Lipinski definition) is 7. The molecular formula is C24H30N4O5S. The number of nitrogens with zero attached hydrogens (tertiary/aromatic N) is 2. The molecule has 3 amide bonds. The molecule has 10 heteroatoms. The lowest BCUT2D eigenvalue weighted by atomic mass is 9.97. The van der Waals surface area contributed by atoms with Gasteiger partial charge >= 0.3 is 12.0 Å². The molecule has 182 valence electrons. The summed E-state index contributed by atoms with van der Waals surface area (Å²) < 4.78 is 10.5. The fraction of sp³-hybridized carbons (Fsp3) is 0.458. The number of likely N-dealkylation sites (tertiary alicyclic amines) is 1. The molecule has 34 heavy (non-hydrogen) atoms. The van der Waals surface area contributed by atoms with E-state index < -0.39 is 30.0 Å². The van der Waals surface area contributed by atoms with Crippen LogP contribution in [0.5, 0.6) is 5.75 Å². The van der Waals surface area contributed by atoms with Gasteiger partial charge in [0.1, 0.15) is 11.8 Å². The van der Waals surface area contributed by atoms with Gasteiger partial charge in [-0.05, 0) is 49.1 Å². The van der Waals surface area contributed by atoms with Gasteiger partial charge in [0, 0.05) is 36.7 Å². The van der Waals surface area contributed by atoms with E-state index in [-0.39, 0.29) is 18.9 Å². The van der Waals surface area contributed by atoms with Crippen molar-refractivity contribution >= 4 is 34.9 Å². The predicted molar refractivity (Wildman–Crippen MR) is 129 cm³/mol. The van der Waals surface area contributed by atoms with E-state index >= 15 is 0 Å². The van der Waals surface area contributed by atoms with E-state index in [2.05, 4.69) is 10.6 Å². The highest BCUT2D eigenvalue weighted by Gasteiger charge is 2.52. The Morgan fingerprint density at radius 1 is 1.15 bits per heavy atom. The first-order chi connectivity index (χ1) is 16.5. The third kappa shape index (κ3) is 5.02. The number of ether oxygens (including phenoxy) is 2. The largest absolute Gasteiger partial charge is 0.497 e. The van der Waals surface area contributed by atoms with Crippen LogP contribution in [0.25, 0.3) is 0 Å². The summed E-state index contributed by atoms with van der Waals surface area (Å²) in [7, 11) is 1.57. The Bertz CT molecular complexity index is 991. The van der Waals surface area contributed by atoms with Crippen LogP contribution in [0.3, 0.4) is 0 Å². The van der Waals surface area contributed by atoms with Crippen molar-refractivity contribution in [3.63, 3.8) is 0 Å². The summed E-state index contributed by atoms with van der Waals surface area (Å²) in [4.78, 5) is 44.4.